The average molecular weight is 435 g/mol. The van der Waals surface area contributed by atoms with Gasteiger partial charge in [0.1, 0.15) is 5.52 Å². The SMILES string of the molecule is CCOC(=O)C1CCN(C(=O)CSc2nc3cc(C)[nH]c3c(=O)n2CC(C)C)CC1. The summed E-state index contributed by atoms with van der Waals surface area (Å²) < 4.78 is 6.75. The van der Waals surface area contributed by atoms with Gasteiger partial charge in [0, 0.05) is 25.3 Å². The highest BCUT2D eigenvalue weighted by atomic mass is 32.2. The van der Waals surface area contributed by atoms with Crippen LogP contribution in [-0.2, 0) is 20.9 Å². The van der Waals surface area contributed by atoms with Crippen LogP contribution in [0, 0.1) is 18.8 Å². The van der Waals surface area contributed by atoms with Crippen molar-refractivity contribution in [2.24, 2.45) is 11.8 Å². The third kappa shape index (κ3) is 5.06. The smallest absolute Gasteiger partial charge is 0.309 e. The summed E-state index contributed by atoms with van der Waals surface area (Å²) >= 11 is 1.30. The Morgan fingerprint density at radius 1 is 1.33 bits per heavy atom. The largest absolute Gasteiger partial charge is 0.466 e. The fraction of sp³-hybridized carbons (Fsp3) is 0.619. The van der Waals surface area contributed by atoms with Crippen LogP contribution in [0.15, 0.2) is 16.0 Å². The van der Waals surface area contributed by atoms with Crippen molar-refractivity contribution >= 4 is 34.7 Å². The number of thioether (sulfide) groups is 1. The van der Waals surface area contributed by atoms with Crippen molar-refractivity contribution in [2.75, 3.05) is 25.4 Å². The molecular formula is C21H30N4O4S. The van der Waals surface area contributed by atoms with Gasteiger partial charge in [-0.25, -0.2) is 4.98 Å². The first-order valence-electron chi connectivity index (χ1n) is 10.5. The number of fused-ring (bicyclic) bond motifs is 1. The summed E-state index contributed by atoms with van der Waals surface area (Å²) in [6.07, 6.45) is 1.25. The standard InChI is InChI=1S/C21H30N4O4S/c1-5-29-20(28)15-6-8-24(9-7-15)17(26)12-30-21-23-16-10-14(4)22-18(16)19(27)25(21)11-13(2)3/h10,13,15,22H,5-9,11-12H2,1-4H3. The number of aryl methyl sites for hydroxylation is 1. The number of rotatable bonds is 7. The number of carbonyl (C=O) groups is 2. The van der Waals surface area contributed by atoms with Gasteiger partial charge < -0.3 is 14.6 Å². The Hall–Kier alpha value is -2.29. The lowest BCUT2D eigenvalue weighted by molar-refractivity contribution is -0.151. The summed E-state index contributed by atoms with van der Waals surface area (Å²) in [5.41, 5.74) is 1.91. The van der Waals surface area contributed by atoms with Crippen molar-refractivity contribution in [2.45, 2.75) is 52.2 Å². The van der Waals surface area contributed by atoms with E-state index in [1.54, 1.807) is 16.4 Å². The molecule has 9 heteroatoms. The van der Waals surface area contributed by atoms with Gasteiger partial charge in [-0.2, -0.15) is 0 Å². The van der Waals surface area contributed by atoms with Crippen LogP contribution in [0.25, 0.3) is 11.0 Å². The highest BCUT2D eigenvalue weighted by Gasteiger charge is 2.28. The number of hydrogen-bond acceptors (Lipinski definition) is 6. The number of likely N-dealkylation sites (tertiary alicyclic amines) is 1. The minimum Gasteiger partial charge on any atom is -0.466 e. The maximum absolute atomic E-state index is 12.9. The lowest BCUT2D eigenvalue weighted by atomic mass is 9.97. The number of esters is 1. The second kappa shape index (κ2) is 9.68. The number of aromatic nitrogens is 3. The molecule has 1 N–H and O–H groups in total. The zero-order valence-electron chi connectivity index (χ0n) is 18.1. The number of H-pyrrole nitrogens is 1. The molecule has 0 atom stereocenters. The minimum atomic E-state index is -0.170. The van der Waals surface area contributed by atoms with Gasteiger partial charge in [-0.1, -0.05) is 25.6 Å². The molecule has 0 aromatic carbocycles. The van der Waals surface area contributed by atoms with Gasteiger partial charge in [-0.15, -0.1) is 0 Å². The van der Waals surface area contributed by atoms with Crippen LogP contribution in [0.4, 0.5) is 0 Å². The van der Waals surface area contributed by atoms with Crippen molar-refractivity contribution in [1.82, 2.24) is 19.4 Å². The number of amides is 1. The number of carbonyl (C=O) groups excluding carboxylic acids is 2. The molecule has 3 rings (SSSR count). The molecule has 30 heavy (non-hydrogen) atoms. The van der Waals surface area contributed by atoms with Crippen molar-refractivity contribution in [3.8, 4) is 0 Å². The molecular weight excluding hydrogens is 404 g/mol. The second-order valence-electron chi connectivity index (χ2n) is 8.11. The van der Waals surface area contributed by atoms with E-state index in [1.165, 1.54) is 11.8 Å². The molecule has 2 aromatic heterocycles. The number of nitrogens with one attached hydrogen (secondary N) is 1. The fourth-order valence-electron chi connectivity index (χ4n) is 3.69. The fourth-order valence-corrected chi connectivity index (χ4v) is 4.60. The molecule has 164 valence electrons. The van der Waals surface area contributed by atoms with Crippen molar-refractivity contribution < 1.29 is 14.3 Å². The van der Waals surface area contributed by atoms with Gasteiger partial charge in [0.25, 0.3) is 5.56 Å². The molecule has 2 aromatic rings. The first-order valence-corrected chi connectivity index (χ1v) is 11.5. The van der Waals surface area contributed by atoms with E-state index in [2.05, 4.69) is 9.97 Å². The molecule has 1 aliphatic rings. The van der Waals surface area contributed by atoms with Gasteiger partial charge in [0.2, 0.25) is 5.91 Å². The third-order valence-corrected chi connectivity index (χ3v) is 6.14. The highest BCUT2D eigenvalue weighted by molar-refractivity contribution is 7.99. The molecule has 1 aliphatic heterocycles. The van der Waals surface area contributed by atoms with Crippen molar-refractivity contribution in [1.29, 1.82) is 0 Å². The maximum Gasteiger partial charge on any atom is 0.309 e. The number of aromatic amines is 1. The predicted molar refractivity (Wildman–Crippen MR) is 117 cm³/mol. The van der Waals surface area contributed by atoms with Gasteiger partial charge in [0.05, 0.1) is 23.8 Å². The summed E-state index contributed by atoms with van der Waals surface area (Å²) in [5.74, 6) is 0.187. The van der Waals surface area contributed by atoms with Crippen LogP contribution in [0.2, 0.25) is 0 Å². The molecule has 0 spiro atoms. The van der Waals surface area contributed by atoms with E-state index >= 15 is 0 Å². The molecule has 3 heterocycles. The molecule has 0 unspecified atom stereocenters. The summed E-state index contributed by atoms with van der Waals surface area (Å²) in [4.78, 5) is 47.1. The Balaban J connectivity index is 1.68. The highest BCUT2D eigenvalue weighted by Crippen LogP contribution is 2.23. The van der Waals surface area contributed by atoms with E-state index in [9.17, 15) is 14.4 Å². The monoisotopic (exact) mass is 434 g/mol. The first kappa shape index (κ1) is 22.4. The average Bonchev–Trinajstić information content (AvgIpc) is 3.09. The second-order valence-corrected chi connectivity index (χ2v) is 9.05. The van der Waals surface area contributed by atoms with Crippen LogP contribution in [0.3, 0.4) is 0 Å². The molecule has 0 saturated carbocycles. The van der Waals surface area contributed by atoms with E-state index in [1.807, 2.05) is 26.8 Å². The van der Waals surface area contributed by atoms with Crippen LogP contribution < -0.4 is 5.56 Å². The Morgan fingerprint density at radius 3 is 2.67 bits per heavy atom. The van der Waals surface area contributed by atoms with Crippen molar-refractivity contribution in [3.63, 3.8) is 0 Å². The first-order chi connectivity index (χ1) is 14.3. The molecule has 1 saturated heterocycles. The van der Waals surface area contributed by atoms with E-state index in [-0.39, 0.29) is 35.0 Å². The van der Waals surface area contributed by atoms with Crippen LogP contribution in [-0.4, -0.2) is 56.8 Å². The molecule has 1 fully saturated rings. The Kier molecular flexibility index (Phi) is 7.23. The van der Waals surface area contributed by atoms with E-state index in [0.29, 0.717) is 55.3 Å². The van der Waals surface area contributed by atoms with E-state index in [4.69, 9.17) is 4.74 Å². The number of hydrogen-bond donors (Lipinski definition) is 1. The maximum atomic E-state index is 12.9. The number of piperidine rings is 1. The third-order valence-electron chi connectivity index (χ3n) is 5.18. The molecule has 0 radical (unpaired) electrons. The predicted octanol–water partition coefficient (Wildman–Crippen LogP) is 2.58. The normalized spacial score (nSPS) is 15.2. The van der Waals surface area contributed by atoms with Crippen LogP contribution in [0.1, 0.15) is 39.3 Å². The summed E-state index contributed by atoms with van der Waals surface area (Å²) in [5, 5.41) is 0.565. The lowest BCUT2D eigenvalue weighted by Gasteiger charge is -2.30. The Bertz CT molecular complexity index is 973. The quantitative estimate of drug-likeness (QED) is 0.409. The molecule has 0 bridgehead atoms. The Morgan fingerprint density at radius 2 is 2.03 bits per heavy atom. The van der Waals surface area contributed by atoms with Gasteiger partial charge in [-0.05, 0) is 38.7 Å². The minimum absolute atomic E-state index is 0.00185. The van der Waals surface area contributed by atoms with E-state index < -0.39 is 0 Å². The summed E-state index contributed by atoms with van der Waals surface area (Å²) in [7, 11) is 0. The van der Waals surface area contributed by atoms with E-state index in [0.717, 1.165) is 5.69 Å². The molecule has 1 amide bonds. The van der Waals surface area contributed by atoms with Gasteiger partial charge >= 0.3 is 5.97 Å². The van der Waals surface area contributed by atoms with Crippen molar-refractivity contribution in [3.05, 3.63) is 22.1 Å². The summed E-state index contributed by atoms with van der Waals surface area (Å²) in [6, 6.07) is 1.85. The van der Waals surface area contributed by atoms with Gasteiger partial charge in [0.15, 0.2) is 5.16 Å². The van der Waals surface area contributed by atoms with Crippen LogP contribution in [0.5, 0.6) is 0 Å². The summed E-state index contributed by atoms with van der Waals surface area (Å²) in [6.45, 7) is 9.80. The topological polar surface area (TPSA) is 97.3 Å². The number of ether oxygens (including phenoxy) is 1. The zero-order valence-corrected chi connectivity index (χ0v) is 18.9. The molecule has 0 aliphatic carbocycles. The number of nitrogens with zero attached hydrogens (tertiary/aromatic N) is 3. The zero-order chi connectivity index (χ0) is 21.8. The Labute approximate surface area is 180 Å². The molecule has 8 nitrogen and oxygen atoms in total. The lowest BCUT2D eigenvalue weighted by Crippen LogP contribution is -2.41. The van der Waals surface area contributed by atoms with Gasteiger partial charge in [-0.3, -0.25) is 19.0 Å². The van der Waals surface area contributed by atoms with Crippen LogP contribution >= 0.6 is 11.8 Å².